The lowest BCUT2D eigenvalue weighted by Crippen LogP contribution is -2.23. The molecule has 0 unspecified atom stereocenters. The highest BCUT2D eigenvalue weighted by molar-refractivity contribution is 7.89. The molecule has 5 rings (SSSR count). The Balaban J connectivity index is 1.71. The van der Waals surface area contributed by atoms with E-state index in [1.807, 2.05) is 6.07 Å². The minimum Gasteiger partial charge on any atom is -0.369 e. The average molecular weight is 485 g/mol. The van der Waals surface area contributed by atoms with Gasteiger partial charge in [-0.1, -0.05) is 24.3 Å². The fourth-order valence-electron chi connectivity index (χ4n) is 3.85. The maximum atomic E-state index is 13.4. The quantitative estimate of drug-likeness (QED) is 0.392. The van der Waals surface area contributed by atoms with Gasteiger partial charge in [-0.25, -0.2) is 22.7 Å². The number of nitrogens with one attached hydrogen (secondary N) is 1. The molecule has 5 aromatic rings. The predicted molar refractivity (Wildman–Crippen MR) is 134 cm³/mol. The number of anilines is 1. The van der Waals surface area contributed by atoms with Gasteiger partial charge in [0, 0.05) is 29.7 Å². The first-order valence-corrected chi connectivity index (χ1v) is 12.1. The predicted octanol–water partition coefficient (Wildman–Crippen LogP) is 3.00. The van der Waals surface area contributed by atoms with E-state index < -0.39 is 10.0 Å². The highest BCUT2D eigenvalue weighted by Gasteiger charge is 2.21. The Morgan fingerprint density at radius 3 is 2.43 bits per heavy atom. The van der Waals surface area contributed by atoms with Crippen LogP contribution in [0.3, 0.4) is 0 Å². The molecule has 0 radical (unpaired) electrons. The van der Waals surface area contributed by atoms with Crippen molar-refractivity contribution in [3.05, 3.63) is 95.7 Å². The summed E-state index contributed by atoms with van der Waals surface area (Å²) in [6.07, 6.45) is 4.72. The highest BCUT2D eigenvalue weighted by Crippen LogP contribution is 2.30. The van der Waals surface area contributed by atoms with Crippen molar-refractivity contribution in [3.63, 3.8) is 0 Å². The number of nitrogens with zero attached hydrogens (tertiary/aromatic N) is 4. The molecular formula is C25H20N6O3S. The van der Waals surface area contributed by atoms with Crippen molar-refractivity contribution in [2.24, 2.45) is 0 Å². The Kier molecular flexibility index (Phi) is 5.59. The molecule has 0 aliphatic heterocycles. The molecule has 10 heteroatoms. The van der Waals surface area contributed by atoms with Gasteiger partial charge in [0.2, 0.25) is 16.0 Å². The molecule has 2 aromatic carbocycles. The van der Waals surface area contributed by atoms with E-state index in [-0.39, 0.29) is 22.1 Å². The third-order valence-corrected chi connectivity index (χ3v) is 7.02. The van der Waals surface area contributed by atoms with E-state index in [0.717, 1.165) is 0 Å². The van der Waals surface area contributed by atoms with Crippen molar-refractivity contribution in [1.82, 2.24) is 24.2 Å². The molecule has 3 aromatic heterocycles. The van der Waals surface area contributed by atoms with E-state index in [9.17, 15) is 13.2 Å². The van der Waals surface area contributed by atoms with Crippen LogP contribution in [0.25, 0.3) is 39.0 Å². The van der Waals surface area contributed by atoms with Crippen molar-refractivity contribution in [2.75, 3.05) is 12.8 Å². The summed E-state index contributed by atoms with van der Waals surface area (Å²) in [5, 5.41) is 0.343. The van der Waals surface area contributed by atoms with E-state index >= 15 is 0 Å². The van der Waals surface area contributed by atoms with Gasteiger partial charge < -0.3 is 5.73 Å². The fraction of sp³-hybridized carbons (Fsp3) is 0.0400. The summed E-state index contributed by atoms with van der Waals surface area (Å²) in [7, 11) is -2.50. The number of pyridine rings is 2. The maximum absolute atomic E-state index is 13.4. The van der Waals surface area contributed by atoms with Gasteiger partial charge in [-0.05, 0) is 55.1 Å². The monoisotopic (exact) mass is 484 g/mol. The Morgan fingerprint density at radius 1 is 0.914 bits per heavy atom. The number of fused-ring (bicyclic) bond motifs is 1. The fourth-order valence-corrected chi connectivity index (χ4v) is 4.77. The lowest BCUT2D eigenvalue weighted by atomic mass is 10.0. The molecule has 174 valence electrons. The normalized spacial score (nSPS) is 11.6. The zero-order valence-electron chi connectivity index (χ0n) is 18.6. The van der Waals surface area contributed by atoms with Gasteiger partial charge in [0.25, 0.3) is 5.56 Å². The zero-order valence-corrected chi connectivity index (χ0v) is 19.4. The van der Waals surface area contributed by atoms with Crippen LogP contribution in [0.5, 0.6) is 0 Å². The molecule has 0 aliphatic rings. The molecule has 35 heavy (non-hydrogen) atoms. The first kappa shape index (κ1) is 22.4. The minimum atomic E-state index is -3.84. The van der Waals surface area contributed by atoms with Gasteiger partial charge >= 0.3 is 0 Å². The Labute approximate surface area is 201 Å². The number of nitrogen functional groups attached to an aromatic ring is 1. The first-order valence-electron chi connectivity index (χ1n) is 10.6. The standard InChI is InChI=1S/C25H20N6O3S/c1-27-35(33,34)22-13-18(15-29-23(22)17-6-5-11-28-14-17)16-9-10-21-20(12-16)24(32)31(25(26)30-21)19-7-3-2-4-8-19/h2-15,27H,1H3,(H2,26,30). The van der Waals surface area contributed by atoms with Crippen molar-refractivity contribution >= 4 is 26.9 Å². The summed E-state index contributed by atoms with van der Waals surface area (Å²) < 4.78 is 29.4. The van der Waals surface area contributed by atoms with E-state index in [2.05, 4.69) is 19.7 Å². The minimum absolute atomic E-state index is 0.00252. The lowest BCUT2D eigenvalue weighted by molar-refractivity contribution is 0.588. The van der Waals surface area contributed by atoms with Crippen molar-refractivity contribution < 1.29 is 8.42 Å². The van der Waals surface area contributed by atoms with Crippen LogP contribution in [0, 0.1) is 0 Å². The average Bonchev–Trinajstić information content (AvgIpc) is 2.89. The summed E-state index contributed by atoms with van der Waals surface area (Å²) in [6.45, 7) is 0. The van der Waals surface area contributed by atoms with Crippen LogP contribution < -0.4 is 16.0 Å². The summed E-state index contributed by atoms with van der Waals surface area (Å²) in [6, 6.07) is 19.1. The molecule has 0 amide bonds. The molecule has 0 spiro atoms. The van der Waals surface area contributed by atoms with E-state index in [1.54, 1.807) is 73.2 Å². The molecule has 0 saturated carbocycles. The lowest BCUT2D eigenvalue weighted by Gasteiger charge is -2.13. The van der Waals surface area contributed by atoms with Crippen LogP contribution in [-0.2, 0) is 10.0 Å². The number of sulfonamides is 1. The Morgan fingerprint density at radius 2 is 1.71 bits per heavy atom. The molecule has 0 atom stereocenters. The van der Waals surface area contributed by atoms with Gasteiger partial charge in [-0.2, -0.15) is 0 Å². The number of para-hydroxylation sites is 1. The molecule has 0 saturated heterocycles. The van der Waals surface area contributed by atoms with Crippen LogP contribution in [0.1, 0.15) is 0 Å². The number of rotatable bonds is 5. The van der Waals surface area contributed by atoms with Gasteiger partial charge in [-0.15, -0.1) is 0 Å². The topological polar surface area (TPSA) is 133 Å². The van der Waals surface area contributed by atoms with Crippen molar-refractivity contribution in [2.45, 2.75) is 4.90 Å². The number of nitrogens with two attached hydrogens (primary N) is 1. The molecule has 0 aliphatic carbocycles. The van der Waals surface area contributed by atoms with Crippen molar-refractivity contribution in [3.8, 4) is 28.1 Å². The first-order chi connectivity index (χ1) is 16.9. The molecule has 0 bridgehead atoms. The van der Waals surface area contributed by atoms with Gasteiger partial charge in [0.05, 0.1) is 22.3 Å². The molecule has 9 nitrogen and oxygen atoms in total. The van der Waals surface area contributed by atoms with Crippen LogP contribution in [0.2, 0.25) is 0 Å². The highest BCUT2D eigenvalue weighted by atomic mass is 32.2. The second-order valence-electron chi connectivity index (χ2n) is 7.70. The summed E-state index contributed by atoms with van der Waals surface area (Å²) >= 11 is 0. The van der Waals surface area contributed by atoms with E-state index in [1.165, 1.54) is 17.7 Å². The van der Waals surface area contributed by atoms with E-state index in [0.29, 0.717) is 33.3 Å². The van der Waals surface area contributed by atoms with Crippen molar-refractivity contribution in [1.29, 1.82) is 0 Å². The van der Waals surface area contributed by atoms with E-state index in [4.69, 9.17) is 5.73 Å². The SMILES string of the molecule is CNS(=O)(=O)c1cc(-c2ccc3nc(N)n(-c4ccccc4)c(=O)c3c2)cnc1-c1cccnc1. The number of aromatic nitrogens is 4. The largest absolute Gasteiger partial charge is 0.369 e. The summed E-state index contributed by atoms with van der Waals surface area (Å²) in [5.41, 5.74) is 8.77. The second kappa shape index (κ2) is 8.75. The van der Waals surface area contributed by atoms with Crippen LogP contribution >= 0.6 is 0 Å². The third kappa shape index (κ3) is 4.05. The van der Waals surface area contributed by atoms with Gasteiger partial charge in [0.15, 0.2) is 0 Å². The Hall–Kier alpha value is -4.41. The molecule has 0 fully saturated rings. The molecule has 3 heterocycles. The number of hydrogen-bond donors (Lipinski definition) is 2. The third-order valence-electron chi connectivity index (χ3n) is 5.59. The van der Waals surface area contributed by atoms with Gasteiger partial charge in [-0.3, -0.25) is 14.8 Å². The smallest absolute Gasteiger partial charge is 0.267 e. The maximum Gasteiger partial charge on any atom is 0.267 e. The number of hydrogen-bond acceptors (Lipinski definition) is 7. The molecule has 3 N–H and O–H groups in total. The summed E-state index contributed by atoms with van der Waals surface area (Å²) in [5.74, 6) is 0.0753. The van der Waals surface area contributed by atoms with Crippen LogP contribution in [0.15, 0.2) is 95.0 Å². The molecular weight excluding hydrogens is 464 g/mol. The van der Waals surface area contributed by atoms with Gasteiger partial charge in [0.1, 0.15) is 4.90 Å². The summed E-state index contributed by atoms with van der Waals surface area (Å²) in [4.78, 5) is 26.3. The van der Waals surface area contributed by atoms with Crippen LogP contribution in [-0.4, -0.2) is 35.0 Å². The van der Waals surface area contributed by atoms with Crippen LogP contribution in [0.4, 0.5) is 5.95 Å². The Bertz CT molecular complexity index is 1720. The number of benzene rings is 2. The zero-order chi connectivity index (χ0) is 24.6. The second-order valence-corrected chi connectivity index (χ2v) is 9.55.